The SMILES string of the molecule is CC(C)C(=O)NCc1cnc(C(F)F)c(C(=O)Nc2ccc3c(c2)C(=O)N(CC(C)(C)C)CC3(C)C)c1. The zero-order valence-corrected chi connectivity index (χ0v) is 22.5. The molecule has 3 rings (SSSR count). The molecule has 1 aliphatic rings. The second kappa shape index (κ2) is 10.6. The number of carbonyl (C=O) groups excluding carboxylic acids is 3. The minimum Gasteiger partial charge on any atom is -0.352 e. The lowest BCUT2D eigenvalue weighted by atomic mass is 9.77. The zero-order chi connectivity index (χ0) is 27.7. The van der Waals surface area contributed by atoms with Crippen molar-refractivity contribution in [2.24, 2.45) is 11.3 Å². The third-order valence-corrected chi connectivity index (χ3v) is 6.19. The van der Waals surface area contributed by atoms with Gasteiger partial charge in [0.15, 0.2) is 0 Å². The van der Waals surface area contributed by atoms with Crippen LogP contribution in [0, 0.1) is 11.3 Å². The Hall–Kier alpha value is -3.36. The maximum absolute atomic E-state index is 13.7. The highest BCUT2D eigenvalue weighted by atomic mass is 19.3. The number of anilines is 1. The molecule has 1 aromatic heterocycles. The molecule has 2 N–H and O–H groups in total. The van der Waals surface area contributed by atoms with E-state index in [2.05, 4.69) is 50.2 Å². The number of hydrogen-bond donors (Lipinski definition) is 2. The quantitative estimate of drug-likeness (QED) is 0.523. The summed E-state index contributed by atoms with van der Waals surface area (Å²) in [5.41, 5.74) is 0.779. The number of rotatable bonds is 7. The van der Waals surface area contributed by atoms with Gasteiger partial charge in [0.05, 0.1) is 5.56 Å². The first-order valence-electron chi connectivity index (χ1n) is 12.4. The van der Waals surface area contributed by atoms with Gasteiger partial charge in [0.25, 0.3) is 18.2 Å². The number of amides is 3. The predicted molar refractivity (Wildman–Crippen MR) is 139 cm³/mol. The van der Waals surface area contributed by atoms with E-state index in [0.717, 1.165) is 5.56 Å². The lowest BCUT2D eigenvalue weighted by Crippen LogP contribution is -2.49. The Labute approximate surface area is 217 Å². The van der Waals surface area contributed by atoms with E-state index in [-0.39, 0.29) is 40.7 Å². The van der Waals surface area contributed by atoms with Crippen molar-refractivity contribution in [2.45, 2.75) is 66.9 Å². The van der Waals surface area contributed by atoms with E-state index in [9.17, 15) is 23.2 Å². The van der Waals surface area contributed by atoms with Gasteiger partial charge in [-0.1, -0.05) is 54.5 Å². The second-order valence-corrected chi connectivity index (χ2v) is 11.8. The first kappa shape index (κ1) is 28.2. The first-order chi connectivity index (χ1) is 17.1. The van der Waals surface area contributed by atoms with E-state index in [1.54, 1.807) is 32.0 Å². The van der Waals surface area contributed by atoms with Crippen LogP contribution in [0.1, 0.15) is 92.4 Å². The van der Waals surface area contributed by atoms with Crippen molar-refractivity contribution in [3.8, 4) is 0 Å². The lowest BCUT2D eigenvalue weighted by Gasteiger charge is -2.42. The van der Waals surface area contributed by atoms with Crippen LogP contribution in [0.3, 0.4) is 0 Å². The number of nitrogens with zero attached hydrogens (tertiary/aromatic N) is 2. The maximum Gasteiger partial charge on any atom is 0.281 e. The van der Waals surface area contributed by atoms with Gasteiger partial charge in [0, 0.05) is 48.4 Å². The van der Waals surface area contributed by atoms with Crippen LogP contribution in [0.5, 0.6) is 0 Å². The van der Waals surface area contributed by atoms with Crippen LogP contribution in [0.4, 0.5) is 14.5 Å². The standard InChI is InChI=1S/C28H36F2N4O3/c1-16(2)24(35)32-13-17-10-20(22(23(29)30)31-12-17)25(36)33-18-8-9-21-19(11-18)26(37)34(14-27(3,4)5)15-28(21,6)7/h8-12,16,23H,13-15H2,1-7H3,(H,32,35)(H,33,36). The molecule has 0 unspecified atom stereocenters. The molecule has 2 heterocycles. The Morgan fingerprint density at radius 3 is 2.43 bits per heavy atom. The molecule has 1 aliphatic heterocycles. The molecular formula is C28H36F2N4O3. The largest absolute Gasteiger partial charge is 0.352 e. The molecule has 0 spiro atoms. The highest BCUT2D eigenvalue weighted by Crippen LogP contribution is 2.36. The number of aromatic nitrogens is 1. The molecule has 37 heavy (non-hydrogen) atoms. The average molecular weight is 515 g/mol. The molecule has 7 nitrogen and oxygen atoms in total. The number of carbonyl (C=O) groups is 3. The minimum atomic E-state index is -2.96. The molecule has 0 saturated carbocycles. The Balaban J connectivity index is 1.89. The zero-order valence-electron chi connectivity index (χ0n) is 22.5. The van der Waals surface area contributed by atoms with Crippen molar-refractivity contribution in [1.29, 1.82) is 0 Å². The summed E-state index contributed by atoms with van der Waals surface area (Å²) in [5.74, 6) is -1.34. The smallest absolute Gasteiger partial charge is 0.281 e. The fourth-order valence-corrected chi connectivity index (χ4v) is 4.46. The lowest BCUT2D eigenvalue weighted by molar-refractivity contribution is -0.124. The molecule has 1 aromatic carbocycles. The van der Waals surface area contributed by atoms with Crippen molar-refractivity contribution in [3.05, 3.63) is 58.4 Å². The van der Waals surface area contributed by atoms with Crippen molar-refractivity contribution in [1.82, 2.24) is 15.2 Å². The van der Waals surface area contributed by atoms with Crippen LogP contribution < -0.4 is 10.6 Å². The predicted octanol–water partition coefficient (Wildman–Crippen LogP) is 5.32. The van der Waals surface area contributed by atoms with E-state index >= 15 is 0 Å². The summed E-state index contributed by atoms with van der Waals surface area (Å²) < 4.78 is 27.3. The molecule has 0 aliphatic carbocycles. The number of pyridine rings is 1. The summed E-state index contributed by atoms with van der Waals surface area (Å²) >= 11 is 0. The Kier molecular flexibility index (Phi) is 8.05. The number of halogens is 2. The van der Waals surface area contributed by atoms with Gasteiger partial charge in [0.1, 0.15) is 5.69 Å². The summed E-state index contributed by atoms with van der Waals surface area (Å²) in [6.45, 7) is 15.0. The molecule has 0 radical (unpaired) electrons. The molecule has 2 aromatic rings. The number of benzene rings is 1. The molecule has 0 atom stereocenters. The van der Waals surface area contributed by atoms with Crippen molar-refractivity contribution < 1.29 is 23.2 Å². The first-order valence-corrected chi connectivity index (χ1v) is 12.4. The molecule has 0 bridgehead atoms. The van der Waals surface area contributed by atoms with E-state index in [1.807, 2.05) is 4.90 Å². The van der Waals surface area contributed by atoms with E-state index < -0.39 is 18.0 Å². The van der Waals surface area contributed by atoms with Crippen molar-refractivity contribution >= 4 is 23.4 Å². The van der Waals surface area contributed by atoms with Crippen LogP contribution in [0.2, 0.25) is 0 Å². The maximum atomic E-state index is 13.7. The number of fused-ring (bicyclic) bond motifs is 1. The molecular weight excluding hydrogens is 478 g/mol. The van der Waals surface area contributed by atoms with Crippen molar-refractivity contribution in [3.63, 3.8) is 0 Å². The second-order valence-electron chi connectivity index (χ2n) is 11.8. The van der Waals surface area contributed by atoms with Gasteiger partial charge in [-0.3, -0.25) is 19.4 Å². The number of hydrogen-bond acceptors (Lipinski definition) is 4. The third-order valence-electron chi connectivity index (χ3n) is 6.19. The topological polar surface area (TPSA) is 91.4 Å². The summed E-state index contributed by atoms with van der Waals surface area (Å²) in [6, 6.07) is 6.39. The van der Waals surface area contributed by atoms with Gasteiger partial charge in [-0.05, 0) is 34.7 Å². The highest BCUT2D eigenvalue weighted by molar-refractivity contribution is 6.06. The average Bonchev–Trinajstić information content (AvgIpc) is 2.79. The fourth-order valence-electron chi connectivity index (χ4n) is 4.46. The minimum absolute atomic E-state index is 0.0554. The normalized spacial score (nSPS) is 15.1. The van der Waals surface area contributed by atoms with Gasteiger partial charge < -0.3 is 15.5 Å². The molecule has 0 fully saturated rings. The molecule has 9 heteroatoms. The van der Waals surface area contributed by atoms with E-state index in [1.165, 1.54) is 12.3 Å². The number of alkyl halides is 2. The third kappa shape index (κ3) is 6.70. The van der Waals surface area contributed by atoms with Crippen LogP contribution in [0.25, 0.3) is 0 Å². The van der Waals surface area contributed by atoms with Crippen molar-refractivity contribution in [2.75, 3.05) is 18.4 Å². The van der Waals surface area contributed by atoms with Gasteiger partial charge >= 0.3 is 0 Å². The number of nitrogens with one attached hydrogen (secondary N) is 2. The molecule has 3 amide bonds. The monoisotopic (exact) mass is 514 g/mol. The van der Waals surface area contributed by atoms with Gasteiger partial charge in [-0.25, -0.2) is 8.78 Å². The van der Waals surface area contributed by atoms with Crippen LogP contribution >= 0.6 is 0 Å². The van der Waals surface area contributed by atoms with Crippen LogP contribution in [0.15, 0.2) is 30.5 Å². The van der Waals surface area contributed by atoms with E-state index in [0.29, 0.717) is 29.9 Å². The van der Waals surface area contributed by atoms with Gasteiger partial charge in [0.2, 0.25) is 5.91 Å². The Bertz CT molecular complexity index is 1200. The summed E-state index contributed by atoms with van der Waals surface area (Å²) in [6.07, 6.45) is -1.74. The highest BCUT2D eigenvalue weighted by Gasteiger charge is 2.38. The Morgan fingerprint density at radius 2 is 1.84 bits per heavy atom. The molecule has 0 saturated heterocycles. The van der Waals surface area contributed by atoms with Gasteiger partial charge in [-0.15, -0.1) is 0 Å². The summed E-state index contributed by atoms with van der Waals surface area (Å²) in [5, 5.41) is 5.34. The van der Waals surface area contributed by atoms with Crippen LogP contribution in [-0.4, -0.2) is 40.7 Å². The van der Waals surface area contributed by atoms with E-state index in [4.69, 9.17) is 0 Å². The van der Waals surface area contributed by atoms with Gasteiger partial charge in [-0.2, -0.15) is 0 Å². The van der Waals surface area contributed by atoms with Crippen LogP contribution in [-0.2, 0) is 16.8 Å². The molecule has 200 valence electrons. The summed E-state index contributed by atoms with van der Waals surface area (Å²) in [7, 11) is 0. The fraction of sp³-hybridized carbons (Fsp3) is 0.500. The summed E-state index contributed by atoms with van der Waals surface area (Å²) in [4.78, 5) is 43.9. The Morgan fingerprint density at radius 1 is 1.16 bits per heavy atom.